The zero-order chi connectivity index (χ0) is 14.5. The fraction of sp³-hybridized carbons (Fsp3) is 0.308. The Hall–Kier alpha value is -1.59. The lowest BCUT2D eigenvalue weighted by Gasteiger charge is -2.15. The number of aromatic nitrogens is 3. The van der Waals surface area contributed by atoms with Crippen LogP contribution in [0.15, 0.2) is 30.9 Å². The number of rotatable bonds is 5. The first-order valence-electron chi connectivity index (χ1n) is 6.13. The van der Waals surface area contributed by atoms with Crippen molar-refractivity contribution in [2.75, 3.05) is 0 Å². The van der Waals surface area contributed by atoms with Gasteiger partial charge in [-0.2, -0.15) is 5.10 Å². The number of nitrogens with zero attached hydrogens (tertiary/aromatic N) is 3. The minimum atomic E-state index is -0.131. The normalized spacial score (nSPS) is 12.2. The van der Waals surface area contributed by atoms with Crippen molar-refractivity contribution in [1.82, 2.24) is 20.1 Å². The van der Waals surface area contributed by atoms with Gasteiger partial charge in [0.2, 0.25) is 5.91 Å². The minimum absolute atomic E-state index is 0.0564. The Bertz CT molecular complexity index is 586. The lowest BCUT2D eigenvalue weighted by Crippen LogP contribution is -2.27. The second kappa shape index (κ2) is 6.72. The Labute approximate surface area is 126 Å². The molecule has 5 nitrogen and oxygen atoms in total. The standard InChI is InChI=1S/C13H14Cl2N4O/c1-9(10-2-3-11(14)12(15)6-10)18-13(20)4-5-19-8-16-7-17-19/h2-3,6-9H,4-5H2,1H3,(H,18,20). The molecule has 2 rings (SSSR count). The van der Waals surface area contributed by atoms with E-state index >= 15 is 0 Å². The molecule has 0 aliphatic rings. The third-order valence-corrected chi connectivity index (χ3v) is 3.59. The molecule has 0 bridgehead atoms. The zero-order valence-corrected chi connectivity index (χ0v) is 12.4. The molecule has 1 aromatic carbocycles. The summed E-state index contributed by atoms with van der Waals surface area (Å²) in [4.78, 5) is 15.7. The van der Waals surface area contributed by atoms with Gasteiger partial charge in [-0.05, 0) is 24.6 Å². The smallest absolute Gasteiger partial charge is 0.222 e. The number of hydrogen-bond acceptors (Lipinski definition) is 3. The van der Waals surface area contributed by atoms with Crippen molar-refractivity contribution in [2.45, 2.75) is 25.9 Å². The van der Waals surface area contributed by atoms with Crippen LogP contribution < -0.4 is 5.32 Å². The summed E-state index contributed by atoms with van der Waals surface area (Å²) in [5, 5.41) is 7.82. The SMILES string of the molecule is CC(NC(=O)CCn1cncn1)c1ccc(Cl)c(Cl)c1. The van der Waals surface area contributed by atoms with Crippen LogP contribution in [0.4, 0.5) is 0 Å². The monoisotopic (exact) mass is 312 g/mol. The van der Waals surface area contributed by atoms with Gasteiger partial charge in [0, 0.05) is 6.42 Å². The number of carbonyl (C=O) groups is 1. The molecule has 0 aliphatic carbocycles. The quantitative estimate of drug-likeness (QED) is 0.923. The van der Waals surface area contributed by atoms with Crippen LogP contribution in [0.5, 0.6) is 0 Å². The fourth-order valence-electron chi connectivity index (χ4n) is 1.74. The number of amides is 1. The number of nitrogens with one attached hydrogen (secondary N) is 1. The van der Waals surface area contributed by atoms with Crippen LogP contribution in [0.25, 0.3) is 0 Å². The summed E-state index contributed by atoms with van der Waals surface area (Å²) in [7, 11) is 0. The summed E-state index contributed by atoms with van der Waals surface area (Å²) in [5.74, 6) is -0.0564. The van der Waals surface area contributed by atoms with Crippen molar-refractivity contribution < 1.29 is 4.79 Å². The average Bonchev–Trinajstić information content (AvgIpc) is 2.92. The van der Waals surface area contributed by atoms with E-state index in [0.29, 0.717) is 23.0 Å². The summed E-state index contributed by atoms with van der Waals surface area (Å²) >= 11 is 11.8. The predicted molar refractivity (Wildman–Crippen MR) is 77.7 cm³/mol. The number of benzene rings is 1. The van der Waals surface area contributed by atoms with Crippen LogP contribution in [0.3, 0.4) is 0 Å². The molecule has 7 heteroatoms. The lowest BCUT2D eigenvalue weighted by atomic mass is 10.1. The molecule has 0 fully saturated rings. The van der Waals surface area contributed by atoms with Crippen LogP contribution >= 0.6 is 23.2 Å². The van der Waals surface area contributed by atoms with E-state index in [1.165, 1.54) is 6.33 Å². The number of aryl methyl sites for hydroxylation is 1. The minimum Gasteiger partial charge on any atom is -0.350 e. The van der Waals surface area contributed by atoms with Gasteiger partial charge in [0.1, 0.15) is 12.7 Å². The molecule has 1 amide bonds. The Kier molecular flexibility index (Phi) is 4.98. The number of carbonyl (C=O) groups excluding carboxylic acids is 1. The van der Waals surface area contributed by atoms with Crippen molar-refractivity contribution in [3.63, 3.8) is 0 Å². The summed E-state index contributed by atoms with van der Waals surface area (Å²) in [6.45, 7) is 2.40. The topological polar surface area (TPSA) is 59.8 Å². The van der Waals surface area contributed by atoms with E-state index in [9.17, 15) is 4.79 Å². The highest BCUT2D eigenvalue weighted by atomic mass is 35.5. The molecule has 0 aliphatic heterocycles. The van der Waals surface area contributed by atoms with Crippen LogP contribution in [0.2, 0.25) is 10.0 Å². The molecule has 1 unspecified atom stereocenters. The average molecular weight is 313 g/mol. The summed E-state index contributed by atoms with van der Waals surface area (Å²) in [5.41, 5.74) is 0.911. The molecule has 1 N–H and O–H groups in total. The van der Waals surface area contributed by atoms with E-state index in [2.05, 4.69) is 15.4 Å². The lowest BCUT2D eigenvalue weighted by molar-refractivity contribution is -0.122. The van der Waals surface area contributed by atoms with Crippen molar-refractivity contribution in [1.29, 1.82) is 0 Å². The fourth-order valence-corrected chi connectivity index (χ4v) is 2.05. The van der Waals surface area contributed by atoms with Crippen LogP contribution in [-0.2, 0) is 11.3 Å². The maximum atomic E-state index is 11.8. The van der Waals surface area contributed by atoms with Crippen molar-refractivity contribution in [2.24, 2.45) is 0 Å². The van der Waals surface area contributed by atoms with Gasteiger partial charge in [0.15, 0.2) is 0 Å². The molecule has 20 heavy (non-hydrogen) atoms. The maximum Gasteiger partial charge on any atom is 0.222 e. The van der Waals surface area contributed by atoms with Gasteiger partial charge in [-0.25, -0.2) is 4.98 Å². The van der Waals surface area contributed by atoms with E-state index in [-0.39, 0.29) is 11.9 Å². The maximum absolute atomic E-state index is 11.8. The molecular formula is C13H14Cl2N4O. The second-order valence-electron chi connectivity index (χ2n) is 4.37. The Morgan fingerprint density at radius 1 is 1.40 bits per heavy atom. The molecule has 0 radical (unpaired) electrons. The summed E-state index contributed by atoms with van der Waals surface area (Å²) < 4.78 is 1.61. The van der Waals surface area contributed by atoms with Gasteiger partial charge >= 0.3 is 0 Å². The van der Waals surface area contributed by atoms with E-state index < -0.39 is 0 Å². The highest BCUT2D eigenvalue weighted by molar-refractivity contribution is 6.42. The van der Waals surface area contributed by atoms with E-state index in [0.717, 1.165) is 5.56 Å². The molecule has 106 valence electrons. The highest BCUT2D eigenvalue weighted by Gasteiger charge is 2.11. The third kappa shape index (κ3) is 3.95. The third-order valence-electron chi connectivity index (χ3n) is 2.86. The van der Waals surface area contributed by atoms with Gasteiger partial charge < -0.3 is 5.32 Å². The van der Waals surface area contributed by atoms with E-state index in [1.807, 2.05) is 13.0 Å². The van der Waals surface area contributed by atoms with Gasteiger partial charge in [-0.1, -0.05) is 29.3 Å². The van der Waals surface area contributed by atoms with Gasteiger partial charge in [-0.15, -0.1) is 0 Å². The van der Waals surface area contributed by atoms with E-state index in [4.69, 9.17) is 23.2 Å². The summed E-state index contributed by atoms with van der Waals surface area (Å²) in [6, 6.07) is 5.19. The van der Waals surface area contributed by atoms with Crippen LogP contribution in [0, 0.1) is 0 Å². The van der Waals surface area contributed by atoms with Crippen molar-refractivity contribution in [3.05, 3.63) is 46.5 Å². The largest absolute Gasteiger partial charge is 0.350 e. The molecule has 0 saturated heterocycles. The molecule has 2 aromatic rings. The zero-order valence-electron chi connectivity index (χ0n) is 10.9. The molecular weight excluding hydrogens is 299 g/mol. The number of halogens is 2. The molecule has 1 atom stereocenters. The van der Waals surface area contributed by atoms with E-state index in [1.54, 1.807) is 23.1 Å². The predicted octanol–water partition coefficient (Wildman–Crippen LogP) is 2.85. The van der Waals surface area contributed by atoms with Crippen LogP contribution in [0.1, 0.15) is 24.9 Å². The highest BCUT2D eigenvalue weighted by Crippen LogP contribution is 2.25. The molecule has 0 spiro atoms. The molecule has 1 heterocycles. The number of hydrogen-bond donors (Lipinski definition) is 1. The van der Waals surface area contributed by atoms with Crippen molar-refractivity contribution in [3.8, 4) is 0 Å². The first-order chi connectivity index (χ1) is 9.56. The second-order valence-corrected chi connectivity index (χ2v) is 5.19. The first-order valence-corrected chi connectivity index (χ1v) is 6.88. The van der Waals surface area contributed by atoms with Crippen LogP contribution in [-0.4, -0.2) is 20.7 Å². The van der Waals surface area contributed by atoms with Gasteiger partial charge in [-0.3, -0.25) is 9.48 Å². The Balaban J connectivity index is 1.88. The van der Waals surface area contributed by atoms with Gasteiger partial charge in [0.05, 0.1) is 22.6 Å². The Morgan fingerprint density at radius 2 is 2.20 bits per heavy atom. The Morgan fingerprint density at radius 3 is 2.85 bits per heavy atom. The summed E-state index contributed by atoms with van der Waals surface area (Å²) in [6.07, 6.45) is 3.36. The molecule has 1 aromatic heterocycles. The van der Waals surface area contributed by atoms with Gasteiger partial charge in [0.25, 0.3) is 0 Å². The molecule has 0 saturated carbocycles. The van der Waals surface area contributed by atoms with Crippen molar-refractivity contribution >= 4 is 29.1 Å². The first kappa shape index (κ1) is 14.8.